The minimum atomic E-state index is -0.122. The molecule has 7 heteroatoms. The van der Waals surface area contributed by atoms with E-state index in [1.54, 1.807) is 0 Å². The molecule has 0 spiro atoms. The van der Waals surface area contributed by atoms with E-state index >= 15 is 0 Å². The van der Waals surface area contributed by atoms with Gasteiger partial charge in [-0.3, -0.25) is 0 Å². The van der Waals surface area contributed by atoms with E-state index in [9.17, 15) is 5.11 Å². The van der Waals surface area contributed by atoms with Gasteiger partial charge in [0.05, 0.1) is 12.7 Å². The molecule has 0 saturated heterocycles. The molecule has 1 saturated carbocycles. The fourth-order valence-corrected chi connectivity index (χ4v) is 2.45. The van der Waals surface area contributed by atoms with Crippen LogP contribution in [0.1, 0.15) is 39.5 Å². The summed E-state index contributed by atoms with van der Waals surface area (Å²) >= 11 is 0. The normalized spacial score (nSPS) is 21.9. The summed E-state index contributed by atoms with van der Waals surface area (Å²) in [4.78, 5) is 12.8. The van der Waals surface area contributed by atoms with Gasteiger partial charge in [0.2, 0.25) is 11.9 Å². The number of hydrogen-bond acceptors (Lipinski definition) is 7. The van der Waals surface area contributed by atoms with Gasteiger partial charge in [0.25, 0.3) is 0 Å². The lowest BCUT2D eigenvalue weighted by atomic mass is 9.87. The Morgan fingerprint density at radius 1 is 1.05 bits per heavy atom. The van der Waals surface area contributed by atoms with Crippen molar-refractivity contribution < 1.29 is 9.84 Å². The van der Waals surface area contributed by atoms with Crippen LogP contribution >= 0.6 is 0 Å². The number of aliphatic hydroxyl groups excluding tert-OH is 1. The van der Waals surface area contributed by atoms with E-state index in [1.165, 1.54) is 0 Å². The molecule has 1 aliphatic carbocycles. The second-order valence-corrected chi connectivity index (χ2v) is 5.28. The first kappa shape index (κ1) is 15.8. The van der Waals surface area contributed by atoms with E-state index in [-0.39, 0.29) is 6.10 Å². The number of nitrogens with one attached hydrogen (secondary N) is 2. The molecule has 1 aromatic rings. The van der Waals surface area contributed by atoms with Crippen molar-refractivity contribution >= 4 is 11.9 Å². The van der Waals surface area contributed by atoms with Crippen molar-refractivity contribution in [3.05, 3.63) is 0 Å². The fourth-order valence-electron chi connectivity index (χ4n) is 2.45. The fraction of sp³-hybridized carbons (Fsp3) is 0.786. The molecule has 0 bridgehead atoms. The largest absolute Gasteiger partial charge is 0.464 e. The van der Waals surface area contributed by atoms with Crippen molar-refractivity contribution in [3.8, 4) is 6.01 Å². The van der Waals surface area contributed by atoms with Crippen LogP contribution in [0.15, 0.2) is 0 Å². The lowest BCUT2D eigenvalue weighted by Gasteiger charge is -2.25. The summed E-state index contributed by atoms with van der Waals surface area (Å²) in [5.41, 5.74) is 0. The van der Waals surface area contributed by atoms with Crippen LogP contribution in [-0.2, 0) is 0 Å². The summed E-state index contributed by atoms with van der Waals surface area (Å²) in [5, 5.41) is 15.9. The molecule has 1 fully saturated rings. The van der Waals surface area contributed by atoms with Crippen molar-refractivity contribution in [1.82, 2.24) is 15.0 Å². The summed E-state index contributed by atoms with van der Waals surface area (Å²) in [5.74, 6) is 1.62. The minimum absolute atomic E-state index is 0.122. The summed E-state index contributed by atoms with van der Waals surface area (Å²) in [6.07, 6.45) is 3.73. The molecule has 0 atom stereocenters. The first-order valence-electron chi connectivity index (χ1n) is 7.76. The van der Waals surface area contributed by atoms with E-state index in [2.05, 4.69) is 25.6 Å². The van der Waals surface area contributed by atoms with Crippen molar-refractivity contribution in [2.24, 2.45) is 5.92 Å². The highest BCUT2D eigenvalue weighted by molar-refractivity contribution is 5.35. The van der Waals surface area contributed by atoms with Gasteiger partial charge in [0, 0.05) is 13.1 Å². The zero-order valence-electron chi connectivity index (χ0n) is 12.8. The van der Waals surface area contributed by atoms with Gasteiger partial charge < -0.3 is 20.5 Å². The first-order chi connectivity index (χ1) is 10.2. The Morgan fingerprint density at radius 3 is 2.33 bits per heavy atom. The Labute approximate surface area is 125 Å². The molecule has 0 unspecified atom stereocenters. The molecule has 0 aromatic carbocycles. The average Bonchev–Trinajstić information content (AvgIpc) is 2.47. The van der Waals surface area contributed by atoms with Gasteiger partial charge in [-0.2, -0.15) is 15.0 Å². The zero-order chi connectivity index (χ0) is 15.1. The Hall–Kier alpha value is -1.63. The lowest BCUT2D eigenvalue weighted by molar-refractivity contribution is 0.111. The maximum atomic E-state index is 9.52. The maximum absolute atomic E-state index is 9.52. The Morgan fingerprint density at radius 2 is 1.71 bits per heavy atom. The van der Waals surface area contributed by atoms with Gasteiger partial charge in [-0.05, 0) is 45.4 Å². The van der Waals surface area contributed by atoms with E-state index in [4.69, 9.17) is 4.74 Å². The number of aliphatic hydroxyl groups is 1. The molecular formula is C14H25N5O2. The number of anilines is 2. The van der Waals surface area contributed by atoms with Gasteiger partial charge in [-0.25, -0.2) is 0 Å². The number of hydrogen-bond donors (Lipinski definition) is 3. The third kappa shape index (κ3) is 5.00. The third-order valence-corrected chi connectivity index (χ3v) is 3.59. The van der Waals surface area contributed by atoms with Gasteiger partial charge in [0.1, 0.15) is 0 Å². The topological polar surface area (TPSA) is 92.2 Å². The standard InChI is InChI=1S/C14H25N5O2/c1-3-15-12-17-13(19-14(18-12)21-4-2)16-9-10-5-7-11(20)8-6-10/h10-11,20H,3-9H2,1-2H3,(H2,15,16,17,18,19). The van der Waals surface area contributed by atoms with Crippen molar-refractivity contribution in [3.63, 3.8) is 0 Å². The van der Waals surface area contributed by atoms with E-state index < -0.39 is 0 Å². The van der Waals surface area contributed by atoms with Crippen LogP contribution in [0, 0.1) is 5.92 Å². The Bertz CT molecular complexity index is 411. The second-order valence-electron chi connectivity index (χ2n) is 5.28. The van der Waals surface area contributed by atoms with Crippen LogP contribution in [0.5, 0.6) is 6.01 Å². The van der Waals surface area contributed by atoms with Crippen LogP contribution in [0.25, 0.3) is 0 Å². The maximum Gasteiger partial charge on any atom is 0.323 e. The van der Waals surface area contributed by atoms with Crippen LogP contribution in [-0.4, -0.2) is 45.9 Å². The molecule has 2 rings (SSSR count). The Kier molecular flexibility index (Phi) is 5.98. The van der Waals surface area contributed by atoms with Gasteiger partial charge in [-0.1, -0.05) is 0 Å². The summed E-state index contributed by atoms with van der Waals surface area (Å²) in [6.45, 7) is 5.97. The average molecular weight is 295 g/mol. The molecular weight excluding hydrogens is 270 g/mol. The molecule has 0 amide bonds. The molecule has 118 valence electrons. The zero-order valence-corrected chi connectivity index (χ0v) is 12.8. The number of nitrogens with zero attached hydrogens (tertiary/aromatic N) is 3. The first-order valence-corrected chi connectivity index (χ1v) is 7.76. The van der Waals surface area contributed by atoms with Crippen molar-refractivity contribution in [1.29, 1.82) is 0 Å². The second kappa shape index (κ2) is 7.97. The quantitative estimate of drug-likeness (QED) is 0.704. The predicted octanol–water partition coefficient (Wildman–Crippen LogP) is 1.67. The molecule has 21 heavy (non-hydrogen) atoms. The van der Waals surface area contributed by atoms with Crippen LogP contribution in [0.3, 0.4) is 0 Å². The van der Waals surface area contributed by atoms with Gasteiger partial charge in [-0.15, -0.1) is 0 Å². The molecule has 1 aliphatic rings. The third-order valence-electron chi connectivity index (χ3n) is 3.59. The number of aromatic nitrogens is 3. The molecule has 7 nitrogen and oxygen atoms in total. The van der Waals surface area contributed by atoms with E-state index in [1.807, 2.05) is 13.8 Å². The highest BCUT2D eigenvalue weighted by atomic mass is 16.5. The minimum Gasteiger partial charge on any atom is -0.464 e. The summed E-state index contributed by atoms with van der Waals surface area (Å²) in [6, 6.07) is 0.338. The van der Waals surface area contributed by atoms with Gasteiger partial charge >= 0.3 is 6.01 Å². The monoisotopic (exact) mass is 295 g/mol. The molecule has 0 aliphatic heterocycles. The van der Waals surface area contributed by atoms with Crippen LogP contribution in [0.4, 0.5) is 11.9 Å². The summed E-state index contributed by atoms with van der Waals surface area (Å²) in [7, 11) is 0. The number of ether oxygens (including phenoxy) is 1. The highest BCUT2D eigenvalue weighted by Gasteiger charge is 2.19. The molecule has 0 radical (unpaired) electrons. The van der Waals surface area contributed by atoms with Crippen molar-refractivity contribution in [2.75, 3.05) is 30.3 Å². The molecule has 3 N–H and O–H groups in total. The highest BCUT2D eigenvalue weighted by Crippen LogP contribution is 2.24. The number of rotatable bonds is 7. The van der Waals surface area contributed by atoms with E-state index in [0.717, 1.165) is 38.8 Å². The smallest absolute Gasteiger partial charge is 0.323 e. The SMILES string of the molecule is CCNc1nc(NCC2CCC(O)CC2)nc(OCC)n1. The van der Waals surface area contributed by atoms with Crippen LogP contribution in [0.2, 0.25) is 0 Å². The van der Waals surface area contributed by atoms with Crippen LogP contribution < -0.4 is 15.4 Å². The summed E-state index contributed by atoms with van der Waals surface area (Å²) < 4.78 is 5.36. The lowest BCUT2D eigenvalue weighted by Crippen LogP contribution is -2.24. The molecule has 1 heterocycles. The Balaban J connectivity index is 1.94. The predicted molar refractivity (Wildman–Crippen MR) is 81.6 cm³/mol. The van der Waals surface area contributed by atoms with E-state index in [0.29, 0.717) is 30.4 Å². The van der Waals surface area contributed by atoms with Crippen molar-refractivity contribution in [2.45, 2.75) is 45.6 Å². The molecule has 1 aromatic heterocycles. The van der Waals surface area contributed by atoms with Gasteiger partial charge in [0.15, 0.2) is 0 Å².